The summed E-state index contributed by atoms with van der Waals surface area (Å²) in [5, 5.41) is 0. The van der Waals surface area contributed by atoms with Gasteiger partial charge >= 0.3 is 5.97 Å². The summed E-state index contributed by atoms with van der Waals surface area (Å²) in [6, 6.07) is 0. The van der Waals surface area contributed by atoms with Crippen molar-refractivity contribution in [2.75, 3.05) is 18.6 Å². The standard InChI is InChI=1S/C6H10O2S2/c1-6(5(7)8-2)3-9-10-4-6/h3-4H2,1-2H3. The first-order valence-corrected chi connectivity index (χ1v) is 5.51. The number of ether oxygens (including phenoxy) is 1. The third-order valence-corrected chi connectivity index (χ3v) is 4.40. The van der Waals surface area contributed by atoms with Crippen molar-refractivity contribution in [3.05, 3.63) is 0 Å². The fraction of sp³-hybridized carbons (Fsp3) is 0.833. The molecule has 1 aliphatic heterocycles. The Morgan fingerprint density at radius 1 is 1.50 bits per heavy atom. The number of hydrogen-bond donors (Lipinski definition) is 0. The van der Waals surface area contributed by atoms with E-state index < -0.39 is 0 Å². The summed E-state index contributed by atoms with van der Waals surface area (Å²) < 4.78 is 4.67. The highest BCUT2D eigenvalue weighted by atomic mass is 33.1. The van der Waals surface area contributed by atoms with Crippen molar-refractivity contribution < 1.29 is 9.53 Å². The molecule has 1 saturated heterocycles. The van der Waals surface area contributed by atoms with Gasteiger partial charge in [0.2, 0.25) is 0 Å². The van der Waals surface area contributed by atoms with Crippen molar-refractivity contribution >= 4 is 27.6 Å². The molecule has 0 saturated carbocycles. The van der Waals surface area contributed by atoms with Gasteiger partial charge in [0.15, 0.2) is 0 Å². The molecular weight excluding hydrogens is 168 g/mol. The van der Waals surface area contributed by atoms with Crippen molar-refractivity contribution in [3.8, 4) is 0 Å². The molecule has 0 N–H and O–H groups in total. The summed E-state index contributed by atoms with van der Waals surface area (Å²) in [6.45, 7) is 1.95. The minimum atomic E-state index is -0.232. The highest BCUT2D eigenvalue weighted by Gasteiger charge is 2.38. The zero-order valence-corrected chi connectivity index (χ0v) is 7.68. The van der Waals surface area contributed by atoms with Crippen LogP contribution in [0, 0.1) is 5.41 Å². The van der Waals surface area contributed by atoms with Crippen molar-refractivity contribution in [3.63, 3.8) is 0 Å². The molecule has 1 aliphatic rings. The molecule has 0 amide bonds. The van der Waals surface area contributed by atoms with E-state index in [1.807, 2.05) is 6.92 Å². The van der Waals surface area contributed by atoms with Crippen LogP contribution < -0.4 is 0 Å². The van der Waals surface area contributed by atoms with E-state index in [1.54, 1.807) is 21.6 Å². The van der Waals surface area contributed by atoms with Crippen LogP contribution in [0.25, 0.3) is 0 Å². The number of rotatable bonds is 1. The molecule has 1 heterocycles. The topological polar surface area (TPSA) is 26.3 Å². The van der Waals surface area contributed by atoms with Gasteiger partial charge in [0.05, 0.1) is 12.5 Å². The molecule has 0 aromatic rings. The predicted molar refractivity (Wildman–Crippen MR) is 45.0 cm³/mol. The molecular formula is C6H10O2S2. The number of hydrogen-bond acceptors (Lipinski definition) is 4. The average Bonchev–Trinajstić information content (AvgIpc) is 2.36. The number of esters is 1. The Morgan fingerprint density at radius 3 is 2.40 bits per heavy atom. The minimum absolute atomic E-state index is 0.0787. The van der Waals surface area contributed by atoms with E-state index >= 15 is 0 Å². The van der Waals surface area contributed by atoms with Gasteiger partial charge in [-0.05, 0) is 6.92 Å². The molecule has 1 rings (SSSR count). The maximum Gasteiger partial charge on any atom is 0.313 e. The van der Waals surface area contributed by atoms with Crippen LogP contribution in [0.4, 0.5) is 0 Å². The first kappa shape index (κ1) is 8.27. The van der Waals surface area contributed by atoms with E-state index in [0.717, 1.165) is 11.5 Å². The molecule has 2 nitrogen and oxygen atoms in total. The summed E-state index contributed by atoms with van der Waals surface area (Å²) in [4.78, 5) is 11.1. The number of methoxy groups -OCH3 is 1. The summed E-state index contributed by atoms with van der Waals surface area (Å²) in [5.74, 6) is 1.68. The van der Waals surface area contributed by atoms with Gasteiger partial charge in [0.1, 0.15) is 0 Å². The van der Waals surface area contributed by atoms with Crippen molar-refractivity contribution in [2.45, 2.75) is 6.92 Å². The molecule has 0 atom stereocenters. The Morgan fingerprint density at radius 2 is 2.00 bits per heavy atom. The van der Waals surface area contributed by atoms with E-state index in [9.17, 15) is 4.79 Å². The summed E-state index contributed by atoms with van der Waals surface area (Å²) in [7, 11) is 4.93. The Kier molecular flexibility index (Phi) is 2.52. The van der Waals surface area contributed by atoms with Gasteiger partial charge in [0, 0.05) is 11.5 Å². The molecule has 0 unspecified atom stereocenters. The maximum absolute atomic E-state index is 11.1. The molecule has 0 radical (unpaired) electrons. The maximum atomic E-state index is 11.1. The summed E-state index contributed by atoms with van der Waals surface area (Å²) >= 11 is 0. The van der Waals surface area contributed by atoms with Crippen LogP contribution >= 0.6 is 21.6 Å². The van der Waals surface area contributed by atoms with Crippen LogP contribution in [0.5, 0.6) is 0 Å². The van der Waals surface area contributed by atoms with E-state index in [4.69, 9.17) is 0 Å². The lowest BCUT2D eigenvalue weighted by atomic mass is 9.97. The van der Waals surface area contributed by atoms with Gasteiger partial charge in [0.25, 0.3) is 0 Å². The van der Waals surface area contributed by atoms with Crippen molar-refractivity contribution in [1.29, 1.82) is 0 Å². The molecule has 4 heteroatoms. The van der Waals surface area contributed by atoms with E-state index in [-0.39, 0.29) is 11.4 Å². The first-order valence-electron chi connectivity index (χ1n) is 3.02. The van der Waals surface area contributed by atoms with Crippen LogP contribution in [-0.2, 0) is 9.53 Å². The zero-order valence-electron chi connectivity index (χ0n) is 6.05. The third kappa shape index (κ3) is 1.42. The van der Waals surface area contributed by atoms with Crippen LogP contribution in [0.2, 0.25) is 0 Å². The van der Waals surface area contributed by atoms with Gasteiger partial charge in [-0.25, -0.2) is 0 Å². The lowest BCUT2D eigenvalue weighted by Gasteiger charge is -2.16. The van der Waals surface area contributed by atoms with E-state index in [0.29, 0.717) is 0 Å². The Labute approximate surface area is 68.5 Å². The fourth-order valence-corrected chi connectivity index (χ4v) is 4.07. The highest BCUT2D eigenvalue weighted by molar-refractivity contribution is 8.77. The van der Waals surface area contributed by atoms with E-state index in [2.05, 4.69) is 4.74 Å². The molecule has 0 bridgehead atoms. The van der Waals surface area contributed by atoms with Crippen LogP contribution in [-0.4, -0.2) is 24.6 Å². The minimum Gasteiger partial charge on any atom is -0.469 e. The molecule has 0 aromatic carbocycles. The number of carbonyl (C=O) groups excluding carboxylic acids is 1. The smallest absolute Gasteiger partial charge is 0.313 e. The number of carbonyl (C=O) groups is 1. The largest absolute Gasteiger partial charge is 0.469 e. The second-order valence-electron chi connectivity index (χ2n) is 2.58. The second kappa shape index (κ2) is 3.05. The van der Waals surface area contributed by atoms with Crippen LogP contribution in [0.15, 0.2) is 0 Å². The van der Waals surface area contributed by atoms with Gasteiger partial charge in [-0.15, -0.1) is 0 Å². The summed E-state index contributed by atoms with van der Waals surface area (Å²) in [5.41, 5.74) is -0.232. The van der Waals surface area contributed by atoms with Crippen LogP contribution in [0.1, 0.15) is 6.92 Å². The molecule has 0 spiro atoms. The van der Waals surface area contributed by atoms with Gasteiger partial charge in [-0.3, -0.25) is 4.79 Å². The molecule has 0 aromatic heterocycles. The highest BCUT2D eigenvalue weighted by Crippen LogP contribution is 2.43. The Balaban J connectivity index is 2.58. The monoisotopic (exact) mass is 178 g/mol. The normalized spacial score (nSPS) is 22.6. The average molecular weight is 178 g/mol. The van der Waals surface area contributed by atoms with Crippen molar-refractivity contribution in [1.82, 2.24) is 0 Å². The van der Waals surface area contributed by atoms with Crippen LogP contribution in [0.3, 0.4) is 0 Å². The molecule has 1 fully saturated rings. The lowest BCUT2D eigenvalue weighted by molar-refractivity contribution is -0.148. The van der Waals surface area contributed by atoms with Crippen molar-refractivity contribution in [2.24, 2.45) is 5.41 Å². The quantitative estimate of drug-likeness (QED) is 0.449. The fourth-order valence-electron chi connectivity index (χ4n) is 0.749. The summed E-state index contributed by atoms with van der Waals surface area (Å²) in [6.07, 6.45) is 0. The van der Waals surface area contributed by atoms with E-state index in [1.165, 1.54) is 7.11 Å². The van der Waals surface area contributed by atoms with Gasteiger partial charge < -0.3 is 4.74 Å². The van der Waals surface area contributed by atoms with Gasteiger partial charge in [-0.2, -0.15) is 0 Å². The molecule has 58 valence electrons. The first-order chi connectivity index (χ1) is 4.69. The predicted octanol–water partition coefficient (Wildman–Crippen LogP) is 1.56. The second-order valence-corrected chi connectivity index (χ2v) is 5.04. The SMILES string of the molecule is COC(=O)C1(C)CSSC1. The van der Waals surface area contributed by atoms with Gasteiger partial charge in [-0.1, -0.05) is 21.6 Å². The molecule has 10 heavy (non-hydrogen) atoms. The Hall–Kier alpha value is 0.170. The lowest BCUT2D eigenvalue weighted by Crippen LogP contribution is -2.30. The third-order valence-electron chi connectivity index (χ3n) is 1.52. The Bertz CT molecular complexity index is 141. The molecule has 0 aliphatic carbocycles. The zero-order chi connectivity index (χ0) is 7.61.